The summed E-state index contributed by atoms with van der Waals surface area (Å²) in [6.45, 7) is -0.453. The molecule has 1 aromatic heterocycles. The number of carbonyl (C=O) groups is 3. The average molecular weight is 549 g/mol. The van der Waals surface area contributed by atoms with Crippen molar-refractivity contribution in [3.8, 4) is 5.75 Å². The Bertz CT molecular complexity index is 1240. The van der Waals surface area contributed by atoms with Gasteiger partial charge in [0.1, 0.15) is 29.6 Å². The second-order valence-electron chi connectivity index (χ2n) is 10.4. The van der Waals surface area contributed by atoms with E-state index in [1.165, 1.54) is 10.9 Å². The van der Waals surface area contributed by atoms with Crippen molar-refractivity contribution in [1.29, 1.82) is 0 Å². The van der Waals surface area contributed by atoms with Crippen molar-refractivity contribution in [1.82, 2.24) is 25.3 Å². The molecular formula is C26H31F3N6O4. The highest BCUT2D eigenvalue weighted by Gasteiger charge is 2.47. The van der Waals surface area contributed by atoms with Crippen LogP contribution in [0.2, 0.25) is 0 Å². The minimum Gasteiger partial charge on any atom is -0.488 e. The number of fused-ring (bicyclic) bond motifs is 1. The zero-order valence-electron chi connectivity index (χ0n) is 21.5. The molecule has 1 saturated carbocycles. The van der Waals surface area contributed by atoms with E-state index in [4.69, 9.17) is 4.74 Å². The summed E-state index contributed by atoms with van der Waals surface area (Å²) < 4.78 is 46.3. The van der Waals surface area contributed by atoms with E-state index in [9.17, 15) is 27.6 Å². The molecule has 3 atom stereocenters. The molecule has 210 valence electrons. The van der Waals surface area contributed by atoms with Gasteiger partial charge in [0.15, 0.2) is 0 Å². The number of benzene rings is 1. The fraction of sp³-hybridized carbons (Fsp3) is 0.538. The molecule has 3 aliphatic rings. The fourth-order valence-corrected chi connectivity index (χ4v) is 5.55. The van der Waals surface area contributed by atoms with Gasteiger partial charge in [0.05, 0.1) is 13.1 Å². The molecule has 0 radical (unpaired) electrons. The number of urea groups is 1. The largest absolute Gasteiger partial charge is 0.488 e. The van der Waals surface area contributed by atoms with Gasteiger partial charge in [-0.05, 0) is 36.5 Å². The Morgan fingerprint density at radius 1 is 1.21 bits per heavy atom. The minimum atomic E-state index is -4.51. The number of hydrogen-bond acceptors (Lipinski definition) is 5. The molecule has 2 fully saturated rings. The molecule has 1 aliphatic carbocycles. The van der Waals surface area contributed by atoms with E-state index < -0.39 is 36.9 Å². The topological polar surface area (TPSA) is 118 Å². The van der Waals surface area contributed by atoms with Crippen molar-refractivity contribution >= 4 is 23.5 Å². The number of nitrogens with zero attached hydrogens (tertiary/aromatic N) is 3. The molecule has 5 rings (SSSR count). The lowest BCUT2D eigenvalue weighted by Crippen LogP contribution is -2.49. The van der Waals surface area contributed by atoms with Gasteiger partial charge in [-0.1, -0.05) is 25.3 Å². The number of carbonyl (C=O) groups excluding carboxylic acids is 3. The normalized spacial score (nSPS) is 22.2. The first-order valence-corrected chi connectivity index (χ1v) is 13.1. The number of ether oxygens (including phenoxy) is 1. The van der Waals surface area contributed by atoms with Gasteiger partial charge in [-0.3, -0.25) is 14.3 Å². The van der Waals surface area contributed by atoms with Gasteiger partial charge in [-0.15, -0.1) is 0 Å². The first-order chi connectivity index (χ1) is 18.6. The molecule has 0 bridgehead atoms. The number of aryl methyl sites for hydroxylation is 1. The van der Waals surface area contributed by atoms with E-state index in [1.807, 2.05) is 5.32 Å². The fourth-order valence-electron chi connectivity index (χ4n) is 5.55. The zero-order chi connectivity index (χ0) is 27.7. The molecule has 4 amide bonds. The van der Waals surface area contributed by atoms with E-state index in [0.717, 1.165) is 42.6 Å². The van der Waals surface area contributed by atoms with Crippen molar-refractivity contribution in [2.75, 3.05) is 18.4 Å². The summed E-state index contributed by atoms with van der Waals surface area (Å²) in [4.78, 5) is 39.4. The van der Waals surface area contributed by atoms with Gasteiger partial charge >= 0.3 is 12.2 Å². The van der Waals surface area contributed by atoms with Crippen LogP contribution in [0.25, 0.3) is 0 Å². The van der Waals surface area contributed by atoms with Crippen LogP contribution in [0.5, 0.6) is 5.75 Å². The van der Waals surface area contributed by atoms with E-state index >= 15 is 0 Å². The van der Waals surface area contributed by atoms with Gasteiger partial charge in [0, 0.05) is 31.4 Å². The maximum absolute atomic E-state index is 13.4. The number of halogens is 3. The molecule has 0 spiro atoms. The minimum absolute atomic E-state index is 0.00174. The Morgan fingerprint density at radius 3 is 2.64 bits per heavy atom. The van der Waals surface area contributed by atoms with Gasteiger partial charge in [0.2, 0.25) is 5.91 Å². The van der Waals surface area contributed by atoms with Gasteiger partial charge in [-0.2, -0.15) is 18.3 Å². The lowest BCUT2D eigenvalue weighted by Gasteiger charge is -2.30. The molecular weight excluding hydrogens is 517 g/mol. The summed E-state index contributed by atoms with van der Waals surface area (Å²) >= 11 is 0. The number of alkyl halides is 3. The summed E-state index contributed by atoms with van der Waals surface area (Å²) in [6, 6.07) is 3.37. The SMILES string of the molecule is Cn1nccc1C(=O)N[C@H](C(=O)Nc1ccc2c(c1)OC(CN1C[C@@H](C(F)(F)F)NC1=O)C2)C1CCCCC1. The van der Waals surface area contributed by atoms with Crippen LogP contribution in [0.1, 0.15) is 48.2 Å². The average Bonchev–Trinajstić information content (AvgIpc) is 3.60. The third kappa shape index (κ3) is 5.96. The third-order valence-electron chi connectivity index (χ3n) is 7.63. The van der Waals surface area contributed by atoms with Crippen LogP contribution in [0.15, 0.2) is 30.5 Å². The van der Waals surface area contributed by atoms with Gasteiger partial charge < -0.3 is 25.6 Å². The number of nitrogens with one attached hydrogen (secondary N) is 3. The molecule has 3 N–H and O–H groups in total. The molecule has 3 heterocycles. The van der Waals surface area contributed by atoms with Crippen LogP contribution < -0.4 is 20.7 Å². The van der Waals surface area contributed by atoms with Crippen molar-refractivity contribution < 1.29 is 32.3 Å². The van der Waals surface area contributed by atoms with Crippen molar-refractivity contribution in [3.63, 3.8) is 0 Å². The van der Waals surface area contributed by atoms with E-state index in [2.05, 4.69) is 15.7 Å². The van der Waals surface area contributed by atoms with Gasteiger partial charge in [0.25, 0.3) is 5.91 Å². The summed E-state index contributed by atoms with van der Waals surface area (Å²) in [5.41, 5.74) is 1.66. The van der Waals surface area contributed by atoms with Crippen LogP contribution >= 0.6 is 0 Å². The smallest absolute Gasteiger partial charge is 0.410 e. The molecule has 1 unspecified atom stereocenters. The Morgan fingerprint density at radius 2 is 1.97 bits per heavy atom. The maximum Gasteiger partial charge on any atom is 0.410 e. The Labute approximate surface area is 223 Å². The quantitative estimate of drug-likeness (QED) is 0.492. The van der Waals surface area contributed by atoms with E-state index in [-0.39, 0.29) is 24.3 Å². The number of amides is 4. The summed E-state index contributed by atoms with van der Waals surface area (Å²) in [6.07, 6.45) is 1.67. The van der Waals surface area contributed by atoms with Crippen molar-refractivity contribution in [2.24, 2.45) is 13.0 Å². The molecule has 2 aliphatic heterocycles. The van der Waals surface area contributed by atoms with E-state index in [0.29, 0.717) is 23.6 Å². The predicted molar refractivity (Wildman–Crippen MR) is 134 cm³/mol. The lowest BCUT2D eigenvalue weighted by atomic mass is 9.83. The molecule has 2 aromatic rings. The second kappa shape index (κ2) is 10.8. The highest BCUT2D eigenvalue weighted by atomic mass is 19.4. The molecule has 13 heteroatoms. The van der Waals surface area contributed by atoms with E-state index in [1.54, 1.807) is 31.3 Å². The monoisotopic (exact) mass is 548 g/mol. The van der Waals surface area contributed by atoms with Crippen molar-refractivity contribution in [2.45, 2.75) is 62.9 Å². The number of hydrogen-bond donors (Lipinski definition) is 3. The van der Waals surface area contributed by atoms with Crippen LogP contribution in [0.4, 0.5) is 23.7 Å². The number of rotatable bonds is 7. The molecule has 1 saturated heterocycles. The van der Waals surface area contributed by atoms with Gasteiger partial charge in [-0.25, -0.2) is 4.79 Å². The molecule has 39 heavy (non-hydrogen) atoms. The third-order valence-corrected chi connectivity index (χ3v) is 7.63. The van der Waals surface area contributed by atoms with Crippen LogP contribution in [-0.4, -0.2) is 70.0 Å². The Balaban J connectivity index is 1.23. The Hall–Kier alpha value is -3.77. The molecule has 1 aromatic carbocycles. The zero-order valence-corrected chi connectivity index (χ0v) is 21.5. The van der Waals surface area contributed by atoms with Crippen LogP contribution in [0.3, 0.4) is 0 Å². The summed E-state index contributed by atoms with van der Waals surface area (Å²) in [5.74, 6) is -0.213. The summed E-state index contributed by atoms with van der Waals surface area (Å²) in [5, 5.41) is 11.8. The summed E-state index contributed by atoms with van der Waals surface area (Å²) in [7, 11) is 1.66. The first-order valence-electron chi connectivity index (χ1n) is 13.1. The second-order valence-corrected chi connectivity index (χ2v) is 10.4. The Kier molecular flexibility index (Phi) is 7.41. The number of aromatic nitrogens is 2. The highest BCUT2D eigenvalue weighted by molar-refractivity contribution is 6.00. The number of anilines is 1. The molecule has 10 nitrogen and oxygen atoms in total. The van der Waals surface area contributed by atoms with Crippen molar-refractivity contribution in [3.05, 3.63) is 41.7 Å². The maximum atomic E-state index is 13.4. The van der Waals surface area contributed by atoms with Crippen LogP contribution in [-0.2, 0) is 18.3 Å². The first kappa shape index (κ1) is 26.8. The van der Waals surface area contributed by atoms with Crippen LogP contribution in [0, 0.1) is 5.92 Å². The predicted octanol–water partition coefficient (Wildman–Crippen LogP) is 3.00. The standard InChI is InChI=1S/C26H31F3N6O4/c1-34-19(9-10-30-34)23(36)33-22(15-5-3-2-4-6-15)24(37)31-17-8-7-16-11-18(39-20(16)12-17)13-35-14-21(26(27,28)29)32-25(35)38/h7-10,12,15,18,21-22H,2-6,11,13-14H2,1H3,(H,31,37)(H,32,38)(H,33,36)/t18?,21-,22-/m0/s1. The highest BCUT2D eigenvalue weighted by Crippen LogP contribution is 2.33. The lowest BCUT2D eigenvalue weighted by molar-refractivity contribution is -0.150.